The number of hydrogen-bond acceptors (Lipinski definition) is 2. The molecule has 0 unspecified atom stereocenters. The minimum absolute atomic E-state index is 0. The molecule has 1 rings (SSSR count). The summed E-state index contributed by atoms with van der Waals surface area (Å²) < 4.78 is 52.2. The van der Waals surface area contributed by atoms with E-state index in [2.05, 4.69) is 0 Å². The highest BCUT2D eigenvalue weighted by Gasteiger charge is 2.39. The van der Waals surface area contributed by atoms with Gasteiger partial charge in [0.05, 0.1) is 17.7 Å². The Hall–Kier alpha value is -0.850. The third-order valence-corrected chi connectivity index (χ3v) is 2.92. The van der Waals surface area contributed by atoms with E-state index >= 15 is 0 Å². The van der Waals surface area contributed by atoms with Crippen LogP contribution in [-0.2, 0) is 6.18 Å². The van der Waals surface area contributed by atoms with Crippen LogP contribution in [0.1, 0.15) is 37.9 Å². The lowest BCUT2D eigenvalue weighted by Gasteiger charge is -2.32. The fourth-order valence-corrected chi connectivity index (χ4v) is 1.82. The highest BCUT2D eigenvalue weighted by atomic mass is 35.5. The molecular weight excluding hydrogens is 298 g/mol. The van der Waals surface area contributed by atoms with E-state index in [0.717, 1.165) is 18.2 Å². The van der Waals surface area contributed by atoms with Crippen LogP contribution in [0.5, 0.6) is 0 Å². The number of hydrogen-bond donors (Lipinski definition) is 2. The quantitative estimate of drug-likeness (QED) is 0.818. The van der Waals surface area contributed by atoms with Gasteiger partial charge in [0.2, 0.25) is 0 Å². The monoisotopic (exact) mass is 315 g/mol. The maximum absolute atomic E-state index is 13.7. The Balaban J connectivity index is 0.00000361. The second kappa shape index (κ2) is 6.28. The molecule has 2 nitrogen and oxygen atoms in total. The van der Waals surface area contributed by atoms with E-state index in [1.165, 1.54) is 0 Å². The maximum Gasteiger partial charge on any atom is 0.416 e. The van der Waals surface area contributed by atoms with Crippen LogP contribution in [-0.4, -0.2) is 11.2 Å². The standard InChI is InChI=1S/C13H17F4NO.ClH/c1-12(2,3)11(19)10(18)9-7(13(15,16)17)5-4-6-8(9)14;/h4-6,10-11,19H,18H2,1-3H3;1H/t10-,11-;/m0./s1. The molecule has 0 saturated carbocycles. The third-order valence-electron chi connectivity index (χ3n) is 2.92. The van der Waals surface area contributed by atoms with Crippen molar-refractivity contribution in [1.82, 2.24) is 0 Å². The number of benzene rings is 1. The molecule has 0 heterocycles. The molecule has 0 aliphatic rings. The highest BCUT2D eigenvalue weighted by Crippen LogP contribution is 2.38. The van der Waals surface area contributed by atoms with Crippen LogP contribution in [0.2, 0.25) is 0 Å². The molecule has 1 aromatic rings. The van der Waals surface area contributed by atoms with E-state index in [-0.39, 0.29) is 12.4 Å². The van der Waals surface area contributed by atoms with Crippen molar-refractivity contribution in [2.45, 2.75) is 39.1 Å². The first kappa shape index (κ1) is 19.1. The molecule has 0 bridgehead atoms. The van der Waals surface area contributed by atoms with Crippen LogP contribution in [0.3, 0.4) is 0 Å². The Bertz CT molecular complexity index is 457. The summed E-state index contributed by atoms with van der Waals surface area (Å²) >= 11 is 0. The van der Waals surface area contributed by atoms with Gasteiger partial charge in [-0.15, -0.1) is 12.4 Å². The van der Waals surface area contributed by atoms with Crippen molar-refractivity contribution in [3.63, 3.8) is 0 Å². The predicted octanol–water partition coefficient (Wildman–Crippen LogP) is 3.67. The summed E-state index contributed by atoms with van der Waals surface area (Å²) in [4.78, 5) is 0. The molecule has 2 atom stereocenters. The van der Waals surface area contributed by atoms with E-state index in [1.54, 1.807) is 20.8 Å². The smallest absolute Gasteiger partial charge is 0.391 e. The molecule has 1 aromatic carbocycles. The Morgan fingerprint density at radius 3 is 2.05 bits per heavy atom. The van der Waals surface area contributed by atoms with Gasteiger partial charge in [-0.1, -0.05) is 26.8 Å². The molecule has 0 aromatic heterocycles. The normalized spacial score (nSPS) is 15.4. The van der Waals surface area contributed by atoms with E-state index in [0.29, 0.717) is 0 Å². The lowest BCUT2D eigenvalue weighted by molar-refractivity contribution is -0.139. The van der Waals surface area contributed by atoms with Gasteiger partial charge in [-0.2, -0.15) is 13.2 Å². The summed E-state index contributed by atoms with van der Waals surface area (Å²) in [6, 6.07) is 1.18. The zero-order valence-corrected chi connectivity index (χ0v) is 12.1. The van der Waals surface area contributed by atoms with Crippen LogP contribution < -0.4 is 5.73 Å². The maximum atomic E-state index is 13.7. The lowest BCUT2D eigenvalue weighted by atomic mass is 9.81. The summed E-state index contributed by atoms with van der Waals surface area (Å²) in [6.45, 7) is 4.85. The van der Waals surface area contributed by atoms with Gasteiger partial charge in [-0.25, -0.2) is 4.39 Å². The van der Waals surface area contributed by atoms with E-state index in [9.17, 15) is 22.7 Å². The largest absolute Gasteiger partial charge is 0.416 e. The number of halogens is 5. The Kier molecular flexibility index (Phi) is 6.02. The molecule has 0 aliphatic heterocycles. The predicted molar refractivity (Wildman–Crippen MR) is 71.0 cm³/mol. The summed E-state index contributed by atoms with van der Waals surface area (Å²) in [5.74, 6) is -1.06. The van der Waals surface area contributed by atoms with Crippen molar-refractivity contribution in [2.75, 3.05) is 0 Å². The minimum atomic E-state index is -4.72. The van der Waals surface area contributed by atoms with Crippen molar-refractivity contribution in [1.29, 1.82) is 0 Å². The molecule has 0 fully saturated rings. The molecule has 20 heavy (non-hydrogen) atoms. The highest BCUT2D eigenvalue weighted by molar-refractivity contribution is 5.85. The van der Waals surface area contributed by atoms with Gasteiger partial charge in [0.25, 0.3) is 0 Å². The summed E-state index contributed by atoms with van der Waals surface area (Å²) in [6.07, 6.45) is -6.02. The topological polar surface area (TPSA) is 46.2 Å². The van der Waals surface area contributed by atoms with Gasteiger partial charge in [-0.3, -0.25) is 0 Å². The fraction of sp³-hybridized carbons (Fsp3) is 0.538. The van der Waals surface area contributed by atoms with Crippen LogP contribution >= 0.6 is 12.4 Å². The molecule has 7 heteroatoms. The molecule has 116 valence electrons. The van der Waals surface area contributed by atoms with E-state index < -0.39 is 40.7 Å². The van der Waals surface area contributed by atoms with E-state index in [1.807, 2.05) is 0 Å². The first-order valence-electron chi connectivity index (χ1n) is 5.75. The summed E-state index contributed by atoms with van der Waals surface area (Å²) in [5, 5.41) is 9.96. The third kappa shape index (κ3) is 4.07. The molecule has 0 spiro atoms. The molecule has 0 saturated heterocycles. The average Bonchev–Trinajstić information content (AvgIpc) is 2.24. The second-order valence-electron chi connectivity index (χ2n) is 5.54. The van der Waals surface area contributed by atoms with Crippen molar-refractivity contribution < 1.29 is 22.7 Å². The SMILES string of the molecule is CC(C)(C)[C@@H](O)[C@@H](N)c1c(F)cccc1C(F)(F)F.Cl. The van der Waals surface area contributed by atoms with Crippen molar-refractivity contribution in [2.24, 2.45) is 11.1 Å². The molecule has 3 N–H and O–H groups in total. The molecular formula is C13H18ClF4NO. The number of rotatable bonds is 2. The second-order valence-corrected chi connectivity index (χ2v) is 5.54. The number of alkyl halides is 3. The number of aliphatic hydroxyl groups excluding tert-OH is 1. The summed E-state index contributed by atoms with van der Waals surface area (Å²) in [5.41, 5.74) is 3.03. The van der Waals surface area contributed by atoms with Crippen molar-refractivity contribution in [3.8, 4) is 0 Å². The van der Waals surface area contributed by atoms with Crippen LogP contribution in [0.4, 0.5) is 17.6 Å². The Morgan fingerprint density at radius 1 is 1.15 bits per heavy atom. The zero-order chi connectivity index (χ0) is 15.0. The lowest BCUT2D eigenvalue weighted by Crippen LogP contribution is -2.38. The van der Waals surface area contributed by atoms with E-state index in [4.69, 9.17) is 5.73 Å². The fourth-order valence-electron chi connectivity index (χ4n) is 1.82. The number of aliphatic hydroxyl groups is 1. The van der Waals surface area contributed by atoms with Crippen LogP contribution in [0, 0.1) is 11.2 Å². The van der Waals surface area contributed by atoms with Crippen molar-refractivity contribution >= 4 is 12.4 Å². The zero-order valence-electron chi connectivity index (χ0n) is 11.3. The first-order chi connectivity index (χ1) is 8.46. The van der Waals surface area contributed by atoms with Gasteiger partial charge in [-0.05, 0) is 17.5 Å². The van der Waals surface area contributed by atoms with Gasteiger partial charge < -0.3 is 10.8 Å². The van der Waals surface area contributed by atoms with Crippen LogP contribution in [0.25, 0.3) is 0 Å². The van der Waals surface area contributed by atoms with Gasteiger partial charge >= 0.3 is 6.18 Å². The molecule has 0 amide bonds. The van der Waals surface area contributed by atoms with Gasteiger partial charge in [0.15, 0.2) is 0 Å². The van der Waals surface area contributed by atoms with Gasteiger partial charge in [0.1, 0.15) is 5.82 Å². The number of nitrogens with two attached hydrogens (primary N) is 1. The van der Waals surface area contributed by atoms with Crippen molar-refractivity contribution in [3.05, 3.63) is 35.1 Å². The van der Waals surface area contributed by atoms with Crippen LogP contribution in [0.15, 0.2) is 18.2 Å². The molecule has 0 aliphatic carbocycles. The summed E-state index contributed by atoms with van der Waals surface area (Å²) in [7, 11) is 0. The molecule has 0 radical (unpaired) electrons. The Labute approximate surface area is 121 Å². The Morgan fingerprint density at radius 2 is 1.65 bits per heavy atom. The minimum Gasteiger partial charge on any atom is -0.391 e. The first-order valence-corrected chi connectivity index (χ1v) is 5.75. The average molecular weight is 316 g/mol. The van der Waals surface area contributed by atoms with Gasteiger partial charge in [0, 0.05) is 5.56 Å².